The van der Waals surface area contributed by atoms with Crippen LogP contribution in [0.15, 0.2) is 77.8 Å². The molecule has 0 spiro atoms. The Morgan fingerprint density at radius 2 is 1.65 bits per heavy atom. The highest BCUT2D eigenvalue weighted by Crippen LogP contribution is 2.38. The summed E-state index contributed by atoms with van der Waals surface area (Å²) in [4.78, 5) is 19.1. The molecule has 0 unspecified atom stereocenters. The predicted molar refractivity (Wildman–Crippen MR) is 142 cm³/mol. The van der Waals surface area contributed by atoms with E-state index in [-0.39, 0.29) is 11.4 Å². The smallest absolute Gasteiger partial charge is 0.416 e. The summed E-state index contributed by atoms with van der Waals surface area (Å²) < 4.78 is 44.9. The quantitative estimate of drug-likeness (QED) is 0.320. The van der Waals surface area contributed by atoms with Crippen molar-refractivity contribution in [1.29, 1.82) is 0 Å². The number of benzene rings is 3. The van der Waals surface area contributed by atoms with E-state index in [1.165, 1.54) is 36.3 Å². The van der Waals surface area contributed by atoms with Crippen molar-refractivity contribution < 1.29 is 22.7 Å². The van der Waals surface area contributed by atoms with Gasteiger partial charge < -0.3 is 10.5 Å². The largest absolute Gasteiger partial charge is 0.493 e. The molecule has 1 aliphatic rings. The minimum absolute atomic E-state index is 0.0543. The number of amides is 1. The first-order valence-electron chi connectivity index (χ1n) is 12.4. The summed E-state index contributed by atoms with van der Waals surface area (Å²) in [5.74, 6) is 0.159. The topological polar surface area (TPSA) is 67.9 Å². The first-order chi connectivity index (χ1) is 17.8. The van der Waals surface area contributed by atoms with Crippen LogP contribution >= 0.6 is 0 Å². The summed E-state index contributed by atoms with van der Waals surface area (Å²) in [6, 6.07) is 18.7. The number of hydrogen-bond acceptors (Lipinski definition) is 4. The fourth-order valence-electron chi connectivity index (χ4n) is 3.78. The van der Waals surface area contributed by atoms with E-state index in [0.29, 0.717) is 42.3 Å². The number of unbranched alkanes of at least 4 members (excludes halogenated alkanes) is 2. The fraction of sp³-hybridized carbons (Fsp3) is 0.310. The molecule has 1 aliphatic heterocycles. The second-order valence-corrected chi connectivity index (χ2v) is 8.51. The third-order valence-electron chi connectivity index (χ3n) is 5.62. The Bertz CT molecular complexity index is 1220. The molecule has 196 valence electrons. The SMILES string of the molecule is CCCCC.NCCCOc1cccc(N2C(=O)C(=Nc3cccc(C(F)(F)F)c3)c3ccccc32)c1. The molecule has 3 aromatic rings. The zero-order valence-electron chi connectivity index (χ0n) is 21.1. The van der Waals surface area contributed by atoms with Crippen molar-refractivity contribution in [2.24, 2.45) is 10.7 Å². The van der Waals surface area contributed by atoms with Gasteiger partial charge in [0.15, 0.2) is 0 Å². The zero-order chi connectivity index (χ0) is 26.8. The highest BCUT2D eigenvalue weighted by atomic mass is 19.4. The number of ether oxygens (including phenoxy) is 1. The van der Waals surface area contributed by atoms with E-state index in [9.17, 15) is 18.0 Å². The molecule has 0 saturated heterocycles. The van der Waals surface area contributed by atoms with E-state index < -0.39 is 17.6 Å². The molecule has 4 rings (SSSR count). The maximum atomic E-state index is 13.3. The summed E-state index contributed by atoms with van der Waals surface area (Å²) in [7, 11) is 0. The van der Waals surface area contributed by atoms with Gasteiger partial charge in [-0.25, -0.2) is 4.99 Å². The van der Waals surface area contributed by atoms with Crippen molar-refractivity contribution in [1.82, 2.24) is 0 Å². The van der Waals surface area contributed by atoms with Gasteiger partial charge in [-0.3, -0.25) is 9.69 Å². The molecule has 2 N–H and O–H groups in total. The standard InChI is InChI=1S/C24H20F3N3O2.C5H12/c25-24(26,27)16-6-3-7-17(14-16)29-22-20-10-1-2-11-21(20)30(23(22)31)18-8-4-9-19(15-18)32-13-5-12-28;1-3-5-4-2/h1-4,6-11,14-15H,5,12-13,28H2;3-5H2,1-2H3. The Kier molecular flexibility index (Phi) is 9.85. The molecular weight excluding hydrogens is 479 g/mol. The number of aliphatic imine (C=N–C) groups is 1. The maximum Gasteiger partial charge on any atom is 0.416 e. The van der Waals surface area contributed by atoms with Gasteiger partial charge in [-0.05, 0) is 49.4 Å². The van der Waals surface area contributed by atoms with Crippen molar-refractivity contribution >= 4 is 28.7 Å². The van der Waals surface area contributed by atoms with Crippen LogP contribution in [0.4, 0.5) is 30.2 Å². The van der Waals surface area contributed by atoms with E-state index in [2.05, 4.69) is 18.8 Å². The second kappa shape index (κ2) is 13.1. The first kappa shape index (κ1) is 27.9. The highest BCUT2D eigenvalue weighted by molar-refractivity contribution is 6.56. The van der Waals surface area contributed by atoms with Crippen LogP contribution in [0.2, 0.25) is 0 Å². The summed E-state index contributed by atoms with van der Waals surface area (Å²) in [6.45, 7) is 5.38. The number of nitrogens with zero attached hydrogens (tertiary/aromatic N) is 2. The van der Waals surface area contributed by atoms with Crippen LogP contribution < -0.4 is 15.4 Å². The van der Waals surface area contributed by atoms with Crippen LogP contribution in [0.1, 0.15) is 50.7 Å². The van der Waals surface area contributed by atoms with Gasteiger partial charge in [0.1, 0.15) is 11.5 Å². The van der Waals surface area contributed by atoms with Crippen molar-refractivity contribution in [3.8, 4) is 5.75 Å². The number of fused-ring (bicyclic) bond motifs is 1. The molecule has 8 heteroatoms. The average molecular weight is 512 g/mol. The van der Waals surface area contributed by atoms with Gasteiger partial charge in [0.2, 0.25) is 0 Å². The van der Waals surface area contributed by atoms with Crippen molar-refractivity contribution in [2.45, 2.75) is 45.7 Å². The Hall–Kier alpha value is -3.65. The molecule has 0 fully saturated rings. The lowest BCUT2D eigenvalue weighted by Gasteiger charge is -2.18. The Morgan fingerprint density at radius 3 is 2.32 bits per heavy atom. The number of carbonyl (C=O) groups excluding carboxylic acids is 1. The molecule has 1 amide bonds. The normalized spacial score (nSPS) is 13.8. The number of para-hydroxylation sites is 1. The monoisotopic (exact) mass is 511 g/mol. The number of rotatable bonds is 8. The van der Waals surface area contributed by atoms with Crippen LogP contribution in [0, 0.1) is 0 Å². The Labute approximate surface area is 215 Å². The summed E-state index contributed by atoms with van der Waals surface area (Å²) in [5, 5.41) is 0. The van der Waals surface area contributed by atoms with Crippen molar-refractivity contribution in [3.63, 3.8) is 0 Å². The van der Waals surface area contributed by atoms with Crippen LogP contribution in [0.25, 0.3) is 0 Å². The highest BCUT2D eigenvalue weighted by Gasteiger charge is 2.35. The number of alkyl halides is 3. The van der Waals surface area contributed by atoms with Gasteiger partial charge in [0.25, 0.3) is 5.91 Å². The number of carbonyl (C=O) groups is 1. The van der Waals surface area contributed by atoms with Gasteiger partial charge in [0.05, 0.1) is 29.2 Å². The van der Waals surface area contributed by atoms with Crippen LogP contribution in [0.3, 0.4) is 0 Å². The van der Waals surface area contributed by atoms with Gasteiger partial charge in [-0.1, -0.05) is 63.4 Å². The van der Waals surface area contributed by atoms with E-state index >= 15 is 0 Å². The molecule has 0 aromatic heterocycles. The molecule has 0 radical (unpaired) electrons. The fourth-order valence-corrected chi connectivity index (χ4v) is 3.78. The Balaban J connectivity index is 0.000000695. The zero-order valence-corrected chi connectivity index (χ0v) is 21.1. The van der Waals surface area contributed by atoms with Gasteiger partial charge >= 0.3 is 6.18 Å². The van der Waals surface area contributed by atoms with Crippen molar-refractivity contribution in [2.75, 3.05) is 18.1 Å². The average Bonchev–Trinajstić information content (AvgIpc) is 3.16. The van der Waals surface area contributed by atoms with Crippen LogP contribution in [0.5, 0.6) is 5.75 Å². The van der Waals surface area contributed by atoms with Crippen LogP contribution in [-0.4, -0.2) is 24.8 Å². The van der Waals surface area contributed by atoms with Gasteiger partial charge in [-0.15, -0.1) is 0 Å². The number of hydrogen-bond donors (Lipinski definition) is 1. The van der Waals surface area contributed by atoms with Gasteiger partial charge in [0, 0.05) is 11.6 Å². The van der Waals surface area contributed by atoms with Crippen molar-refractivity contribution in [3.05, 3.63) is 83.9 Å². The third kappa shape index (κ3) is 7.20. The summed E-state index contributed by atoms with van der Waals surface area (Å²) in [6.07, 6.45) is 0.278. The van der Waals surface area contributed by atoms with Gasteiger partial charge in [-0.2, -0.15) is 13.2 Å². The van der Waals surface area contributed by atoms with E-state index in [1.807, 2.05) is 0 Å². The molecule has 37 heavy (non-hydrogen) atoms. The molecule has 1 heterocycles. The number of nitrogens with two attached hydrogens (primary N) is 1. The minimum atomic E-state index is -4.50. The molecule has 5 nitrogen and oxygen atoms in total. The minimum Gasteiger partial charge on any atom is -0.493 e. The van der Waals surface area contributed by atoms with E-state index in [1.54, 1.807) is 48.5 Å². The third-order valence-corrected chi connectivity index (χ3v) is 5.62. The molecular formula is C29H32F3N3O2. The molecule has 0 atom stereocenters. The number of halogens is 3. The number of anilines is 2. The first-order valence-corrected chi connectivity index (χ1v) is 12.4. The second-order valence-electron chi connectivity index (χ2n) is 8.51. The van der Waals surface area contributed by atoms with Crippen LogP contribution in [-0.2, 0) is 11.0 Å². The molecule has 0 saturated carbocycles. The van der Waals surface area contributed by atoms with E-state index in [4.69, 9.17) is 10.5 Å². The Morgan fingerprint density at radius 1 is 0.919 bits per heavy atom. The lowest BCUT2D eigenvalue weighted by molar-refractivity contribution is -0.137. The lowest BCUT2D eigenvalue weighted by Crippen LogP contribution is -2.25. The van der Waals surface area contributed by atoms with E-state index in [0.717, 1.165) is 12.1 Å². The molecule has 3 aromatic carbocycles. The summed E-state index contributed by atoms with van der Waals surface area (Å²) >= 11 is 0. The molecule has 0 aliphatic carbocycles. The maximum absolute atomic E-state index is 13.3. The predicted octanol–water partition coefficient (Wildman–Crippen LogP) is 7.43. The molecule has 0 bridgehead atoms. The lowest BCUT2D eigenvalue weighted by atomic mass is 10.1. The summed E-state index contributed by atoms with van der Waals surface area (Å²) in [5.41, 5.74) is 6.52.